The number of aromatic amines is 1. The molecule has 0 aliphatic rings. The summed E-state index contributed by atoms with van der Waals surface area (Å²) in [6.45, 7) is 4.95. The van der Waals surface area contributed by atoms with Gasteiger partial charge in [0, 0.05) is 13.2 Å². The van der Waals surface area contributed by atoms with Crippen molar-refractivity contribution < 1.29 is 14.9 Å². The Bertz CT molecular complexity index is 691. The topological polar surface area (TPSA) is 83.3 Å². The molecule has 7 heteroatoms. The molecule has 114 valence electrons. The van der Waals surface area contributed by atoms with Crippen LogP contribution in [0.3, 0.4) is 0 Å². The van der Waals surface area contributed by atoms with Crippen LogP contribution >= 0.6 is 12.2 Å². The lowest BCUT2D eigenvalue weighted by atomic mass is 9.98. The lowest BCUT2D eigenvalue weighted by molar-refractivity contribution is 0.187. The van der Waals surface area contributed by atoms with E-state index in [4.69, 9.17) is 17.0 Å². The fourth-order valence-electron chi connectivity index (χ4n) is 2.15. The quantitative estimate of drug-likeness (QED) is 0.740. The van der Waals surface area contributed by atoms with Crippen LogP contribution < -0.4 is 0 Å². The van der Waals surface area contributed by atoms with Crippen LogP contribution in [0.4, 0.5) is 0 Å². The zero-order chi connectivity index (χ0) is 15.6. The molecule has 0 saturated heterocycles. The van der Waals surface area contributed by atoms with E-state index in [1.807, 2.05) is 13.8 Å². The molecule has 0 saturated carbocycles. The fourth-order valence-corrected chi connectivity index (χ4v) is 2.37. The highest BCUT2D eigenvalue weighted by atomic mass is 32.1. The maximum atomic E-state index is 10.1. The number of aromatic nitrogens is 3. The maximum Gasteiger partial charge on any atom is 0.195 e. The minimum atomic E-state index is -0.0374. The highest BCUT2D eigenvalue weighted by molar-refractivity contribution is 7.71. The Balaban J connectivity index is 2.56. The first-order valence-electron chi connectivity index (χ1n) is 6.66. The van der Waals surface area contributed by atoms with Gasteiger partial charge in [-0.1, -0.05) is 13.8 Å². The number of methoxy groups -OCH3 is 1. The van der Waals surface area contributed by atoms with Crippen molar-refractivity contribution in [2.24, 2.45) is 0 Å². The molecule has 0 unspecified atom stereocenters. The number of phenols is 2. The highest BCUT2D eigenvalue weighted by Gasteiger charge is 2.17. The normalized spacial score (nSPS) is 11.2. The SMILES string of the molecule is COCCn1c(-c2cc(C(C)C)c(O)cc2O)n[nH]c1=S. The molecule has 6 nitrogen and oxygen atoms in total. The molecule has 0 atom stereocenters. The van der Waals surface area contributed by atoms with Gasteiger partial charge in [0.25, 0.3) is 0 Å². The number of aromatic hydroxyl groups is 2. The summed E-state index contributed by atoms with van der Waals surface area (Å²) in [5.74, 6) is 0.684. The van der Waals surface area contributed by atoms with Crippen molar-refractivity contribution in [3.05, 3.63) is 22.5 Å². The minimum absolute atomic E-state index is 0.0374. The second-order valence-electron chi connectivity index (χ2n) is 5.08. The van der Waals surface area contributed by atoms with Crippen molar-refractivity contribution >= 4 is 12.2 Å². The number of nitrogens with one attached hydrogen (secondary N) is 1. The second kappa shape index (κ2) is 6.28. The third kappa shape index (κ3) is 3.08. The molecule has 0 fully saturated rings. The first-order valence-corrected chi connectivity index (χ1v) is 7.07. The van der Waals surface area contributed by atoms with Gasteiger partial charge >= 0.3 is 0 Å². The number of nitrogens with zero attached hydrogens (tertiary/aromatic N) is 2. The van der Waals surface area contributed by atoms with Crippen LogP contribution in [0.25, 0.3) is 11.4 Å². The number of ether oxygens (including phenoxy) is 1. The molecule has 1 aromatic carbocycles. The number of rotatable bonds is 5. The molecule has 0 bridgehead atoms. The van der Waals surface area contributed by atoms with E-state index in [-0.39, 0.29) is 17.4 Å². The first kappa shape index (κ1) is 15.5. The summed E-state index contributed by atoms with van der Waals surface area (Å²) in [5.41, 5.74) is 1.27. The predicted molar refractivity (Wildman–Crippen MR) is 82.1 cm³/mol. The zero-order valence-electron chi connectivity index (χ0n) is 12.3. The Morgan fingerprint density at radius 3 is 2.67 bits per heavy atom. The molecule has 2 rings (SSSR count). The van der Waals surface area contributed by atoms with E-state index in [1.54, 1.807) is 17.7 Å². The van der Waals surface area contributed by atoms with Crippen molar-refractivity contribution in [3.63, 3.8) is 0 Å². The number of phenolic OH excluding ortho intramolecular Hbond substituents is 2. The molecule has 2 aromatic rings. The summed E-state index contributed by atoms with van der Waals surface area (Å²) in [7, 11) is 1.61. The van der Waals surface area contributed by atoms with Crippen LogP contribution in [-0.4, -0.2) is 38.7 Å². The second-order valence-corrected chi connectivity index (χ2v) is 5.47. The molecule has 1 heterocycles. The van der Waals surface area contributed by atoms with E-state index < -0.39 is 0 Å². The fraction of sp³-hybridized carbons (Fsp3) is 0.429. The largest absolute Gasteiger partial charge is 0.508 e. The molecular weight excluding hydrogens is 290 g/mol. The van der Waals surface area contributed by atoms with E-state index in [1.165, 1.54) is 6.07 Å². The van der Waals surface area contributed by atoms with Crippen LogP contribution in [0.2, 0.25) is 0 Å². The van der Waals surface area contributed by atoms with Crippen LogP contribution in [0.15, 0.2) is 12.1 Å². The van der Waals surface area contributed by atoms with Crippen LogP contribution in [0.1, 0.15) is 25.3 Å². The van der Waals surface area contributed by atoms with E-state index >= 15 is 0 Å². The third-order valence-electron chi connectivity index (χ3n) is 3.29. The average Bonchev–Trinajstić information content (AvgIpc) is 2.77. The monoisotopic (exact) mass is 309 g/mol. The maximum absolute atomic E-state index is 10.1. The van der Waals surface area contributed by atoms with Gasteiger partial charge in [0.15, 0.2) is 10.6 Å². The number of hydrogen-bond donors (Lipinski definition) is 3. The van der Waals surface area contributed by atoms with Crippen LogP contribution in [0, 0.1) is 4.77 Å². The minimum Gasteiger partial charge on any atom is -0.508 e. The van der Waals surface area contributed by atoms with Gasteiger partial charge in [-0.3, -0.25) is 9.67 Å². The molecule has 0 spiro atoms. The van der Waals surface area contributed by atoms with Crippen molar-refractivity contribution in [2.75, 3.05) is 13.7 Å². The Morgan fingerprint density at radius 1 is 1.33 bits per heavy atom. The van der Waals surface area contributed by atoms with E-state index in [9.17, 15) is 10.2 Å². The summed E-state index contributed by atoms with van der Waals surface area (Å²) in [6.07, 6.45) is 0. The van der Waals surface area contributed by atoms with Gasteiger partial charge in [0.1, 0.15) is 11.5 Å². The molecule has 0 aliphatic carbocycles. The van der Waals surface area contributed by atoms with Crippen LogP contribution in [-0.2, 0) is 11.3 Å². The Morgan fingerprint density at radius 2 is 2.05 bits per heavy atom. The summed E-state index contributed by atoms with van der Waals surface area (Å²) >= 11 is 5.20. The molecule has 3 N–H and O–H groups in total. The summed E-state index contributed by atoms with van der Waals surface area (Å²) in [5, 5.41) is 26.9. The van der Waals surface area contributed by atoms with Crippen molar-refractivity contribution in [2.45, 2.75) is 26.3 Å². The highest BCUT2D eigenvalue weighted by Crippen LogP contribution is 2.37. The smallest absolute Gasteiger partial charge is 0.195 e. The lowest BCUT2D eigenvalue weighted by Crippen LogP contribution is -2.06. The number of H-pyrrole nitrogens is 1. The van der Waals surface area contributed by atoms with E-state index in [0.717, 1.165) is 5.56 Å². The van der Waals surface area contributed by atoms with Crippen molar-refractivity contribution in [1.29, 1.82) is 0 Å². The summed E-state index contributed by atoms with van der Waals surface area (Å²) in [6, 6.07) is 3.08. The molecule has 0 aliphatic heterocycles. The summed E-state index contributed by atoms with van der Waals surface area (Å²) in [4.78, 5) is 0. The van der Waals surface area contributed by atoms with Gasteiger partial charge in [-0.15, -0.1) is 0 Å². The first-order chi connectivity index (χ1) is 9.95. The standard InChI is InChI=1S/C14H19N3O3S/c1-8(2)9-6-10(12(19)7-11(9)18)13-15-16-14(21)17(13)4-5-20-3/h6-8,18-19H,4-5H2,1-3H3,(H,16,21). The summed E-state index contributed by atoms with van der Waals surface area (Å²) < 4.78 is 7.28. The Hall–Kier alpha value is -1.86. The van der Waals surface area contributed by atoms with Crippen LogP contribution in [0.5, 0.6) is 11.5 Å². The van der Waals surface area contributed by atoms with E-state index in [2.05, 4.69) is 10.2 Å². The van der Waals surface area contributed by atoms with Gasteiger partial charge in [-0.25, -0.2) is 0 Å². The van der Waals surface area contributed by atoms with Gasteiger partial charge < -0.3 is 14.9 Å². The van der Waals surface area contributed by atoms with E-state index in [0.29, 0.717) is 29.3 Å². The molecule has 1 aromatic heterocycles. The van der Waals surface area contributed by atoms with Crippen molar-refractivity contribution in [1.82, 2.24) is 14.8 Å². The van der Waals surface area contributed by atoms with Crippen molar-refractivity contribution in [3.8, 4) is 22.9 Å². The van der Waals surface area contributed by atoms with Gasteiger partial charge in [-0.2, -0.15) is 5.10 Å². The molecule has 0 amide bonds. The Labute approximate surface area is 128 Å². The number of hydrogen-bond acceptors (Lipinski definition) is 5. The van der Waals surface area contributed by atoms with Gasteiger partial charge in [-0.05, 0) is 29.8 Å². The third-order valence-corrected chi connectivity index (χ3v) is 3.60. The number of benzene rings is 1. The van der Waals surface area contributed by atoms with Gasteiger partial charge in [0.05, 0.1) is 18.7 Å². The van der Waals surface area contributed by atoms with Gasteiger partial charge in [0.2, 0.25) is 0 Å². The molecule has 0 radical (unpaired) electrons. The average molecular weight is 309 g/mol. The zero-order valence-corrected chi connectivity index (χ0v) is 13.1. The lowest BCUT2D eigenvalue weighted by Gasteiger charge is -2.13. The molecule has 21 heavy (non-hydrogen) atoms. The Kier molecular flexibility index (Phi) is 4.64. The predicted octanol–water partition coefficient (Wildman–Crippen LogP) is 2.79. The molecular formula is C14H19N3O3S.